The van der Waals surface area contributed by atoms with E-state index in [4.69, 9.17) is 16.3 Å². The minimum atomic E-state index is -0.155. The summed E-state index contributed by atoms with van der Waals surface area (Å²) in [5, 5.41) is 0.583. The van der Waals surface area contributed by atoms with Gasteiger partial charge in [0.2, 0.25) is 0 Å². The molecule has 4 nitrogen and oxygen atoms in total. The van der Waals surface area contributed by atoms with Gasteiger partial charge in [-0.2, -0.15) is 0 Å². The van der Waals surface area contributed by atoms with Crippen LogP contribution in [-0.4, -0.2) is 36.5 Å². The molecule has 0 N–H and O–H groups in total. The van der Waals surface area contributed by atoms with E-state index in [1.807, 2.05) is 0 Å². The molecule has 0 aromatic heterocycles. The minimum absolute atomic E-state index is 0.0409. The third kappa shape index (κ3) is 3.98. The fourth-order valence-corrected chi connectivity index (χ4v) is 3.26. The van der Waals surface area contributed by atoms with Gasteiger partial charge in [0.15, 0.2) is 0 Å². The number of carbonyl (C=O) groups is 2. The van der Waals surface area contributed by atoms with E-state index in [1.54, 1.807) is 30.0 Å². The van der Waals surface area contributed by atoms with Crippen molar-refractivity contribution in [3.05, 3.63) is 33.3 Å². The first-order chi connectivity index (χ1) is 10.0. The van der Waals surface area contributed by atoms with Crippen LogP contribution >= 0.6 is 27.5 Å². The smallest absolute Gasteiger partial charge is 0.309 e. The molecule has 0 atom stereocenters. The molecule has 0 radical (unpaired) electrons. The number of esters is 1. The van der Waals surface area contributed by atoms with E-state index in [1.165, 1.54) is 0 Å². The number of nitrogens with zero attached hydrogens (tertiary/aromatic N) is 1. The van der Waals surface area contributed by atoms with E-state index in [0.29, 0.717) is 47.6 Å². The van der Waals surface area contributed by atoms with Crippen LogP contribution in [0.3, 0.4) is 0 Å². The molecule has 21 heavy (non-hydrogen) atoms. The molecule has 1 aromatic rings. The standard InChI is InChI=1S/C15H17BrClNO3/c1-2-21-15(20)10-5-7-18(8-6-10)14(19)12-4-3-11(17)9-13(12)16/h3-4,9-10H,2,5-8H2,1H3. The monoisotopic (exact) mass is 373 g/mol. The Morgan fingerprint density at radius 1 is 1.38 bits per heavy atom. The normalized spacial score (nSPS) is 15.9. The predicted octanol–water partition coefficient (Wildman–Crippen LogP) is 3.52. The van der Waals surface area contributed by atoms with Crippen molar-refractivity contribution in [1.82, 2.24) is 4.90 Å². The molecule has 1 amide bonds. The number of benzene rings is 1. The number of carbonyl (C=O) groups excluding carboxylic acids is 2. The number of piperidine rings is 1. The largest absolute Gasteiger partial charge is 0.466 e. The Hall–Kier alpha value is -1.07. The van der Waals surface area contributed by atoms with Crippen LogP contribution in [0.4, 0.5) is 0 Å². The summed E-state index contributed by atoms with van der Waals surface area (Å²) < 4.78 is 5.72. The fraction of sp³-hybridized carbons (Fsp3) is 0.467. The van der Waals surface area contributed by atoms with Crippen LogP contribution in [0, 0.1) is 5.92 Å². The Bertz CT molecular complexity index is 542. The molecular formula is C15H17BrClNO3. The molecule has 1 aliphatic rings. The average molecular weight is 375 g/mol. The molecule has 1 fully saturated rings. The molecule has 2 rings (SSSR count). The first-order valence-corrected chi connectivity index (χ1v) is 8.11. The molecule has 0 spiro atoms. The van der Waals surface area contributed by atoms with Crippen molar-refractivity contribution in [2.24, 2.45) is 5.92 Å². The number of halogens is 2. The van der Waals surface area contributed by atoms with Gasteiger partial charge in [-0.1, -0.05) is 11.6 Å². The van der Waals surface area contributed by atoms with Crippen LogP contribution in [0.1, 0.15) is 30.1 Å². The fourth-order valence-electron chi connectivity index (χ4n) is 2.41. The van der Waals surface area contributed by atoms with Gasteiger partial charge in [-0.05, 0) is 53.9 Å². The van der Waals surface area contributed by atoms with Crippen LogP contribution < -0.4 is 0 Å². The van der Waals surface area contributed by atoms with Gasteiger partial charge in [0.25, 0.3) is 5.91 Å². The number of hydrogen-bond donors (Lipinski definition) is 0. The third-order valence-electron chi connectivity index (χ3n) is 3.56. The van der Waals surface area contributed by atoms with Gasteiger partial charge in [-0.25, -0.2) is 0 Å². The van der Waals surface area contributed by atoms with Gasteiger partial charge in [0.1, 0.15) is 0 Å². The number of amides is 1. The maximum Gasteiger partial charge on any atom is 0.309 e. The van der Waals surface area contributed by atoms with Gasteiger partial charge >= 0.3 is 5.97 Å². The van der Waals surface area contributed by atoms with Crippen LogP contribution in [0.15, 0.2) is 22.7 Å². The first-order valence-electron chi connectivity index (χ1n) is 6.94. The molecule has 1 aromatic carbocycles. The van der Waals surface area contributed by atoms with Crippen molar-refractivity contribution < 1.29 is 14.3 Å². The Kier molecular flexibility index (Phi) is 5.65. The second-order valence-corrected chi connectivity index (χ2v) is 6.23. The Morgan fingerprint density at radius 2 is 2.05 bits per heavy atom. The zero-order valence-electron chi connectivity index (χ0n) is 11.8. The quantitative estimate of drug-likeness (QED) is 0.761. The lowest BCUT2D eigenvalue weighted by Crippen LogP contribution is -2.40. The number of rotatable bonds is 3. The minimum Gasteiger partial charge on any atom is -0.466 e. The summed E-state index contributed by atoms with van der Waals surface area (Å²) in [5.41, 5.74) is 0.592. The highest BCUT2D eigenvalue weighted by molar-refractivity contribution is 9.10. The summed E-state index contributed by atoms with van der Waals surface area (Å²) in [5.74, 6) is -0.291. The van der Waals surface area contributed by atoms with Gasteiger partial charge in [0.05, 0.1) is 18.1 Å². The lowest BCUT2D eigenvalue weighted by Gasteiger charge is -2.31. The maximum absolute atomic E-state index is 12.5. The van der Waals surface area contributed by atoms with Gasteiger partial charge < -0.3 is 9.64 Å². The summed E-state index contributed by atoms with van der Waals surface area (Å²) >= 11 is 9.25. The molecule has 1 aliphatic heterocycles. The van der Waals surface area contributed by atoms with Crippen molar-refractivity contribution in [2.75, 3.05) is 19.7 Å². The summed E-state index contributed by atoms with van der Waals surface area (Å²) in [6.07, 6.45) is 1.30. The number of likely N-dealkylation sites (tertiary alicyclic amines) is 1. The average Bonchev–Trinajstić information content (AvgIpc) is 2.47. The van der Waals surface area contributed by atoms with Crippen molar-refractivity contribution in [3.63, 3.8) is 0 Å². The maximum atomic E-state index is 12.5. The van der Waals surface area contributed by atoms with Crippen LogP contribution in [-0.2, 0) is 9.53 Å². The zero-order chi connectivity index (χ0) is 15.4. The van der Waals surface area contributed by atoms with E-state index >= 15 is 0 Å². The highest BCUT2D eigenvalue weighted by atomic mass is 79.9. The van der Waals surface area contributed by atoms with Gasteiger partial charge in [-0.15, -0.1) is 0 Å². The summed E-state index contributed by atoms with van der Waals surface area (Å²) in [6, 6.07) is 5.12. The van der Waals surface area contributed by atoms with Gasteiger partial charge in [-0.3, -0.25) is 9.59 Å². The lowest BCUT2D eigenvalue weighted by molar-refractivity contribution is -0.149. The van der Waals surface area contributed by atoms with Crippen molar-refractivity contribution >= 4 is 39.4 Å². The molecule has 0 saturated carbocycles. The van der Waals surface area contributed by atoms with Crippen LogP contribution in [0.2, 0.25) is 5.02 Å². The molecule has 1 saturated heterocycles. The molecule has 0 bridgehead atoms. The summed E-state index contributed by atoms with van der Waals surface area (Å²) in [7, 11) is 0. The van der Waals surface area contributed by atoms with E-state index in [0.717, 1.165) is 0 Å². The van der Waals surface area contributed by atoms with Crippen molar-refractivity contribution in [2.45, 2.75) is 19.8 Å². The molecule has 114 valence electrons. The number of hydrogen-bond acceptors (Lipinski definition) is 3. The van der Waals surface area contributed by atoms with Gasteiger partial charge in [0, 0.05) is 22.6 Å². The third-order valence-corrected chi connectivity index (χ3v) is 4.45. The Morgan fingerprint density at radius 3 is 2.62 bits per heavy atom. The first kappa shape index (κ1) is 16.3. The Balaban J connectivity index is 1.98. The highest BCUT2D eigenvalue weighted by Gasteiger charge is 2.29. The summed E-state index contributed by atoms with van der Waals surface area (Å²) in [6.45, 7) is 3.33. The highest BCUT2D eigenvalue weighted by Crippen LogP contribution is 2.25. The Labute approximate surface area is 137 Å². The van der Waals surface area contributed by atoms with E-state index < -0.39 is 0 Å². The molecule has 0 unspecified atom stereocenters. The van der Waals surface area contributed by atoms with Crippen LogP contribution in [0.25, 0.3) is 0 Å². The zero-order valence-corrected chi connectivity index (χ0v) is 14.1. The number of ether oxygens (including phenoxy) is 1. The van der Waals surface area contributed by atoms with E-state index in [-0.39, 0.29) is 17.8 Å². The molecule has 0 aliphatic carbocycles. The molecular weight excluding hydrogens is 358 g/mol. The van der Waals surface area contributed by atoms with Crippen LogP contribution in [0.5, 0.6) is 0 Å². The van der Waals surface area contributed by atoms with E-state index in [9.17, 15) is 9.59 Å². The molecule has 1 heterocycles. The summed E-state index contributed by atoms with van der Waals surface area (Å²) in [4.78, 5) is 25.9. The lowest BCUT2D eigenvalue weighted by atomic mass is 9.96. The SMILES string of the molecule is CCOC(=O)C1CCN(C(=O)c2ccc(Cl)cc2Br)CC1. The second-order valence-electron chi connectivity index (χ2n) is 4.94. The second kappa shape index (κ2) is 7.27. The van der Waals surface area contributed by atoms with Crippen molar-refractivity contribution in [1.29, 1.82) is 0 Å². The predicted molar refractivity (Wildman–Crippen MR) is 84.4 cm³/mol. The van der Waals surface area contributed by atoms with Crippen molar-refractivity contribution in [3.8, 4) is 0 Å². The topological polar surface area (TPSA) is 46.6 Å². The van der Waals surface area contributed by atoms with E-state index in [2.05, 4.69) is 15.9 Å². The molecule has 6 heteroatoms.